The Labute approximate surface area is 139 Å². The maximum atomic E-state index is 13.2. The standard InChI is InChI=1S/C17H14F6N2/c18-16(19,20)13-7-2-10(3-8-13)1-4-11-5-6-12(15(24)25)9-14(11)17(21,22)23/h2-3,5-9H,1,4H2,(H3,24,25). The van der Waals surface area contributed by atoms with E-state index in [0.29, 0.717) is 5.56 Å². The Balaban J connectivity index is 2.21. The molecule has 0 atom stereocenters. The Morgan fingerprint density at radius 1 is 0.840 bits per heavy atom. The summed E-state index contributed by atoms with van der Waals surface area (Å²) in [6.07, 6.45) is -8.91. The predicted molar refractivity (Wildman–Crippen MR) is 81.3 cm³/mol. The zero-order valence-electron chi connectivity index (χ0n) is 12.8. The first-order chi connectivity index (χ1) is 11.5. The minimum atomic E-state index is -4.61. The van der Waals surface area contributed by atoms with Crippen molar-refractivity contribution in [2.24, 2.45) is 5.73 Å². The van der Waals surface area contributed by atoms with Gasteiger partial charge >= 0.3 is 12.4 Å². The smallest absolute Gasteiger partial charge is 0.384 e. The zero-order valence-corrected chi connectivity index (χ0v) is 12.8. The Hall–Kier alpha value is -2.51. The largest absolute Gasteiger partial charge is 0.416 e. The monoisotopic (exact) mass is 360 g/mol. The first-order valence-corrected chi connectivity index (χ1v) is 7.19. The molecular formula is C17H14F6N2. The van der Waals surface area contributed by atoms with Gasteiger partial charge in [0.25, 0.3) is 0 Å². The lowest BCUT2D eigenvalue weighted by Gasteiger charge is -2.14. The molecule has 0 heterocycles. The number of nitrogens with two attached hydrogens (primary N) is 1. The molecule has 134 valence electrons. The normalized spacial score (nSPS) is 12.2. The van der Waals surface area contributed by atoms with Crippen molar-refractivity contribution in [3.63, 3.8) is 0 Å². The van der Waals surface area contributed by atoms with Crippen LogP contribution < -0.4 is 5.73 Å². The fraction of sp³-hybridized carbons (Fsp3) is 0.235. The maximum absolute atomic E-state index is 13.2. The Morgan fingerprint density at radius 3 is 1.92 bits per heavy atom. The molecule has 3 N–H and O–H groups in total. The van der Waals surface area contributed by atoms with Gasteiger partial charge in [-0.15, -0.1) is 0 Å². The minimum Gasteiger partial charge on any atom is -0.384 e. The van der Waals surface area contributed by atoms with E-state index in [4.69, 9.17) is 11.1 Å². The third-order valence-corrected chi connectivity index (χ3v) is 3.69. The number of alkyl halides is 6. The molecule has 0 aliphatic carbocycles. The lowest BCUT2D eigenvalue weighted by Crippen LogP contribution is -2.15. The van der Waals surface area contributed by atoms with Gasteiger partial charge in [0.05, 0.1) is 11.1 Å². The summed E-state index contributed by atoms with van der Waals surface area (Å²) in [6.45, 7) is 0. The summed E-state index contributed by atoms with van der Waals surface area (Å²) in [5, 5.41) is 7.23. The molecule has 0 aliphatic rings. The Bertz CT molecular complexity index is 760. The molecule has 0 bridgehead atoms. The first-order valence-electron chi connectivity index (χ1n) is 7.19. The molecule has 0 saturated heterocycles. The molecule has 0 aromatic heterocycles. The average Bonchev–Trinajstić information content (AvgIpc) is 2.51. The molecular weight excluding hydrogens is 346 g/mol. The lowest BCUT2D eigenvalue weighted by molar-refractivity contribution is -0.138. The van der Waals surface area contributed by atoms with Gasteiger partial charge in [-0.3, -0.25) is 5.41 Å². The van der Waals surface area contributed by atoms with Gasteiger partial charge in [-0.2, -0.15) is 26.3 Å². The Morgan fingerprint density at radius 2 is 1.44 bits per heavy atom. The fourth-order valence-electron chi connectivity index (χ4n) is 2.37. The topological polar surface area (TPSA) is 49.9 Å². The number of hydrogen-bond donors (Lipinski definition) is 2. The van der Waals surface area contributed by atoms with E-state index in [-0.39, 0.29) is 24.0 Å². The lowest BCUT2D eigenvalue weighted by atomic mass is 9.97. The van der Waals surface area contributed by atoms with Gasteiger partial charge in [-0.1, -0.05) is 24.3 Å². The molecule has 2 aromatic rings. The predicted octanol–water partition coefficient (Wildman–Crippen LogP) is 4.79. The third-order valence-electron chi connectivity index (χ3n) is 3.69. The summed E-state index contributed by atoms with van der Waals surface area (Å²) in [6, 6.07) is 7.67. The zero-order chi connectivity index (χ0) is 18.8. The van der Waals surface area contributed by atoms with E-state index in [1.165, 1.54) is 24.3 Å². The van der Waals surface area contributed by atoms with Crippen molar-refractivity contribution >= 4 is 5.84 Å². The quantitative estimate of drug-likeness (QED) is 0.460. The molecule has 0 fully saturated rings. The van der Waals surface area contributed by atoms with Crippen molar-refractivity contribution in [2.75, 3.05) is 0 Å². The second-order valence-corrected chi connectivity index (χ2v) is 5.48. The van der Waals surface area contributed by atoms with E-state index < -0.39 is 29.3 Å². The minimum absolute atomic E-state index is 0.00159. The summed E-state index contributed by atoms with van der Waals surface area (Å²) in [4.78, 5) is 0. The number of halogens is 6. The molecule has 0 unspecified atom stereocenters. The van der Waals surface area contributed by atoms with Crippen molar-refractivity contribution in [3.8, 4) is 0 Å². The van der Waals surface area contributed by atoms with Crippen LogP contribution in [0.2, 0.25) is 0 Å². The molecule has 25 heavy (non-hydrogen) atoms. The van der Waals surface area contributed by atoms with E-state index in [1.807, 2.05) is 0 Å². The first kappa shape index (κ1) is 18.8. The molecule has 0 radical (unpaired) electrons. The number of rotatable bonds is 4. The van der Waals surface area contributed by atoms with Crippen LogP contribution in [0.5, 0.6) is 0 Å². The van der Waals surface area contributed by atoms with E-state index in [2.05, 4.69) is 0 Å². The van der Waals surface area contributed by atoms with Gasteiger partial charge in [-0.25, -0.2) is 0 Å². The maximum Gasteiger partial charge on any atom is 0.416 e. The molecule has 8 heteroatoms. The number of amidine groups is 1. The van der Waals surface area contributed by atoms with Crippen LogP contribution in [0.25, 0.3) is 0 Å². The van der Waals surface area contributed by atoms with Crippen LogP contribution in [0.1, 0.15) is 27.8 Å². The summed E-state index contributed by atoms with van der Waals surface area (Å²) in [5.41, 5.74) is 3.97. The molecule has 2 nitrogen and oxygen atoms in total. The highest BCUT2D eigenvalue weighted by atomic mass is 19.4. The highest BCUT2D eigenvalue weighted by Crippen LogP contribution is 2.33. The van der Waals surface area contributed by atoms with Gasteiger partial charge in [0.15, 0.2) is 0 Å². The van der Waals surface area contributed by atoms with Crippen molar-refractivity contribution in [1.82, 2.24) is 0 Å². The second kappa shape index (κ2) is 6.78. The molecule has 0 spiro atoms. The molecule has 0 saturated carbocycles. The highest BCUT2D eigenvalue weighted by molar-refractivity contribution is 5.95. The molecule has 2 rings (SSSR count). The van der Waals surface area contributed by atoms with Crippen LogP contribution in [0.4, 0.5) is 26.3 Å². The third kappa shape index (κ3) is 4.74. The van der Waals surface area contributed by atoms with Gasteiger partial charge in [0.1, 0.15) is 5.84 Å². The Kier molecular flexibility index (Phi) is 5.10. The van der Waals surface area contributed by atoms with Gasteiger partial charge in [-0.05, 0) is 42.2 Å². The van der Waals surface area contributed by atoms with Crippen LogP contribution in [0.3, 0.4) is 0 Å². The number of hydrogen-bond acceptors (Lipinski definition) is 1. The molecule has 2 aromatic carbocycles. The van der Waals surface area contributed by atoms with Crippen molar-refractivity contribution in [3.05, 3.63) is 70.3 Å². The second-order valence-electron chi connectivity index (χ2n) is 5.48. The highest BCUT2D eigenvalue weighted by Gasteiger charge is 2.33. The number of benzene rings is 2. The van der Waals surface area contributed by atoms with Crippen molar-refractivity contribution < 1.29 is 26.3 Å². The van der Waals surface area contributed by atoms with Crippen LogP contribution in [0.15, 0.2) is 42.5 Å². The van der Waals surface area contributed by atoms with Crippen molar-refractivity contribution in [1.29, 1.82) is 5.41 Å². The van der Waals surface area contributed by atoms with Crippen molar-refractivity contribution in [2.45, 2.75) is 25.2 Å². The molecule has 0 amide bonds. The number of nitrogen functional groups attached to an aromatic ring is 1. The van der Waals surface area contributed by atoms with E-state index in [9.17, 15) is 26.3 Å². The summed E-state index contributed by atoms with van der Waals surface area (Å²) in [5.74, 6) is -0.472. The van der Waals surface area contributed by atoms with Crippen LogP contribution in [-0.4, -0.2) is 5.84 Å². The summed E-state index contributed by atoms with van der Waals surface area (Å²) < 4.78 is 77.0. The van der Waals surface area contributed by atoms with E-state index >= 15 is 0 Å². The SMILES string of the molecule is N=C(N)c1ccc(CCc2ccc(C(F)(F)F)cc2)c(C(F)(F)F)c1. The fourth-order valence-corrected chi connectivity index (χ4v) is 2.37. The van der Waals surface area contributed by atoms with Gasteiger partial charge in [0, 0.05) is 5.56 Å². The van der Waals surface area contributed by atoms with E-state index in [1.54, 1.807) is 0 Å². The van der Waals surface area contributed by atoms with E-state index in [0.717, 1.165) is 18.2 Å². The number of aryl methyl sites for hydroxylation is 2. The summed E-state index contributed by atoms with van der Waals surface area (Å²) in [7, 11) is 0. The van der Waals surface area contributed by atoms with Crippen LogP contribution >= 0.6 is 0 Å². The molecule has 0 aliphatic heterocycles. The summed E-state index contributed by atoms with van der Waals surface area (Å²) >= 11 is 0. The van der Waals surface area contributed by atoms with Gasteiger partial charge in [0.2, 0.25) is 0 Å². The van der Waals surface area contributed by atoms with Gasteiger partial charge < -0.3 is 5.73 Å². The van der Waals surface area contributed by atoms with Crippen LogP contribution in [0, 0.1) is 5.41 Å². The average molecular weight is 360 g/mol. The number of nitrogens with one attached hydrogen (secondary N) is 1. The van der Waals surface area contributed by atoms with Crippen LogP contribution in [-0.2, 0) is 25.2 Å².